The first-order valence-electron chi connectivity index (χ1n) is 6.16. The number of hydrogen-bond acceptors (Lipinski definition) is 3. The van der Waals surface area contributed by atoms with Gasteiger partial charge < -0.3 is 14.0 Å². The van der Waals surface area contributed by atoms with E-state index in [-0.39, 0.29) is 18.2 Å². The van der Waals surface area contributed by atoms with Gasteiger partial charge in [-0.1, -0.05) is 6.07 Å². The smallest absolute Gasteiger partial charge is 0.253 e. The summed E-state index contributed by atoms with van der Waals surface area (Å²) in [5.74, 6) is 0.150. The fourth-order valence-electron chi connectivity index (χ4n) is 1.94. The summed E-state index contributed by atoms with van der Waals surface area (Å²) in [4.78, 5) is 12.0. The average molecular weight is 277 g/mol. The maximum atomic E-state index is 13.4. The van der Waals surface area contributed by atoms with E-state index in [0.29, 0.717) is 23.3 Å². The van der Waals surface area contributed by atoms with Crippen LogP contribution in [0.1, 0.15) is 11.1 Å². The SMILES string of the molecule is COCOc1ccc(F)cc1Cc1cccn(C)c1=O. The van der Waals surface area contributed by atoms with Gasteiger partial charge in [0, 0.05) is 37.9 Å². The fourth-order valence-corrected chi connectivity index (χ4v) is 1.94. The Balaban J connectivity index is 2.34. The lowest BCUT2D eigenvalue weighted by atomic mass is 10.1. The van der Waals surface area contributed by atoms with E-state index in [1.807, 2.05) is 0 Å². The largest absolute Gasteiger partial charge is 0.467 e. The highest BCUT2D eigenvalue weighted by Gasteiger charge is 2.09. The van der Waals surface area contributed by atoms with E-state index in [0.717, 1.165) is 0 Å². The van der Waals surface area contributed by atoms with E-state index >= 15 is 0 Å². The van der Waals surface area contributed by atoms with Gasteiger partial charge in [0.05, 0.1) is 0 Å². The summed E-state index contributed by atoms with van der Waals surface area (Å²) in [5.41, 5.74) is 1.10. The summed E-state index contributed by atoms with van der Waals surface area (Å²) in [6, 6.07) is 7.74. The third-order valence-electron chi connectivity index (χ3n) is 2.94. The van der Waals surface area contributed by atoms with Crippen molar-refractivity contribution >= 4 is 0 Å². The maximum Gasteiger partial charge on any atom is 0.253 e. The molecule has 0 bridgehead atoms. The Morgan fingerprint density at radius 1 is 1.25 bits per heavy atom. The van der Waals surface area contributed by atoms with E-state index in [1.54, 1.807) is 25.4 Å². The Bertz CT molecular complexity index is 652. The molecule has 1 aromatic heterocycles. The molecule has 2 rings (SSSR count). The molecule has 5 heteroatoms. The molecule has 0 saturated carbocycles. The second-order valence-electron chi connectivity index (χ2n) is 4.43. The highest BCUT2D eigenvalue weighted by molar-refractivity contribution is 5.37. The third-order valence-corrected chi connectivity index (χ3v) is 2.94. The number of rotatable bonds is 5. The van der Waals surface area contributed by atoms with Crippen LogP contribution < -0.4 is 10.3 Å². The van der Waals surface area contributed by atoms with Gasteiger partial charge in [-0.25, -0.2) is 4.39 Å². The molecule has 0 amide bonds. The van der Waals surface area contributed by atoms with Crippen molar-refractivity contribution in [2.24, 2.45) is 7.05 Å². The lowest BCUT2D eigenvalue weighted by molar-refractivity contribution is 0.0504. The Kier molecular flexibility index (Phi) is 4.53. The zero-order chi connectivity index (χ0) is 14.5. The first kappa shape index (κ1) is 14.3. The van der Waals surface area contributed by atoms with E-state index in [9.17, 15) is 9.18 Å². The van der Waals surface area contributed by atoms with Crippen LogP contribution in [0.2, 0.25) is 0 Å². The molecule has 0 saturated heterocycles. The number of aryl methyl sites for hydroxylation is 1. The quantitative estimate of drug-likeness (QED) is 0.786. The number of aromatic nitrogens is 1. The van der Waals surface area contributed by atoms with Crippen LogP contribution >= 0.6 is 0 Å². The van der Waals surface area contributed by atoms with E-state index in [4.69, 9.17) is 9.47 Å². The molecule has 0 aliphatic carbocycles. The Labute approximate surface area is 116 Å². The summed E-state index contributed by atoms with van der Waals surface area (Å²) >= 11 is 0. The first-order valence-corrected chi connectivity index (χ1v) is 6.16. The lowest BCUT2D eigenvalue weighted by Gasteiger charge is -2.11. The zero-order valence-corrected chi connectivity index (χ0v) is 11.4. The average Bonchev–Trinajstić information content (AvgIpc) is 2.43. The highest BCUT2D eigenvalue weighted by Crippen LogP contribution is 2.22. The maximum absolute atomic E-state index is 13.4. The number of nitrogens with zero attached hydrogens (tertiary/aromatic N) is 1. The Hall–Kier alpha value is -2.14. The molecule has 106 valence electrons. The second kappa shape index (κ2) is 6.34. The van der Waals surface area contributed by atoms with Gasteiger partial charge in [-0.15, -0.1) is 0 Å². The Morgan fingerprint density at radius 2 is 2.05 bits per heavy atom. The molecule has 0 N–H and O–H groups in total. The molecule has 0 spiro atoms. The lowest BCUT2D eigenvalue weighted by Crippen LogP contribution is -2.20. The molecule has 1 heterocycles. The zero-order valence-electron chi connectivity index (χ0n) is 11.4. The molecule has 0 unspecified atom stereocenters. The molecule has 0 fully saturated rings. The number of halogens is 1. The highest BCUT2D eigenvalue weighted by atomic mass is 19.1. The van der Waals surface area contributed by atoms with Crippen molar-refractivity contribution in [3.63, 3.8) is 0 Å². The summed E-state index contributed by atoms with van der Waals surface area (Å²) in [6.07, 6.45) is 1.99. The van der Waals surface area contributed by atoms with Gasteiger partial charge in [-0.3, -0.25) is 4.79 Å². The van der Waals surface area contributed by atoms with Crippen molar-refractivity contribution in [3.05, 3.63) is 63.8 Å². The van der Waals surface area contributed by atoms with Crippen LogP contribution in [0.25, 0.3) is 0 Å². The van der Waals surface area contributed by atoms with Crippen LogP contribution in [0.4, 0.5) is 4.39 Å². The van der Waals surface area contributed by atoms with Gasteiger partial charge in [-0.05, 0) is 24.3 Å². The molecule has 0 aliphatic heterocycles. The predicted molar refractivity (Wildman–Crippen MR) is 73.4 cm³/mol. The van der Waals surface area contributed by atoms with Gasteiger partial charge in [0.25, 0.3) is 5.56 Å². The van der Waals surface area contributed by atoms with Crippen molar-refractivity contribution in [2.75, 3.05) is 13.9 Å². The van der Waals surface area contributed by atoms with Crippen LogP contribution in [-0.2, 0) is 18.2 Å². The molecule has 0 aliphatic rings. The van der Waals surface area contributed by atoms with E-state index in [1.165, 1.54) is 29.9 Å². The topological polar surface area (TPSA) is 40.5 Å². The van der Waals surface area contributed by atoms with Gasteiger partial charge >= 0.3 is 0 Å². The number of methoxy groups -OCH3 is 1. The third kappa shape index (κ3) is 3.24. The van der Waals surface area contributed by atoms with Gasteiger partial charge in [0.1, 0.15) is 11.6 Å². The van der Waals surface area contributed by atoms with Crippen molar-refractivity contribution in [1.82, 2.24) is 4.57 Å². The molecule has 1 aromatic carbocycles. The van der Waals surface area contributed by atoms with Crippen LogP contribution in [0.3, 0.4) is 0 Å². The molecule has 20 heavy (non-hydrogen) atoms. The molecule has 2 aromatic rings. The molecule has 4 nitrogen and oxygen atoms in total. The van der Waals surface area contributed by atoms with Crippen LogP contribution in [0, 0.1) is 5.82 Å². The summed E-state index contributed by atoms with van der Waals surface area (Å²) in [7, 11) is 3.19. The summed E-state index contributed by atoms with van der Waals surface area (Å²) in [5, 5.41) is 0. The van der Waals surface area contributed by atoms with Gasteiger partial charge in [0.2, 0.25) is 0 Å². The standard InChI is InChI=1S/C15H16FNO3/c1-17-7-3-4-11(15(17)18)8-12-9-13(16)5-6-14(12)20-10-19-2/h3-7,9H,8,10H2,1-2H3. The van der Waals surface area contributed by atoms with E-state index < -0.39 is 0 Å². The monoisotopic (exact) mass is 277 g/mol. The van der Waals surface area contributed by atoms with Crippen LogP contribution in [0.5, 0.6) is 5.75 Å². The molecular weight excluding hydrogens is 261 g/mol. The van der Waals surface area contributed by atoms with Gasteiger partial charge in [0.15, 0.2) is 6.79 Å². The van der Waals surface area contributed by atoms with E-state index in [2.05, 4.69) is 0 Å². The predicted octanol–water partition coefficient (Wildman–Crippen LogP) is 2.10. The number of benzene rings is 1. The summed E-state index contributed by atoms with van der Waals surface area (Å²) in [6.45, 7) is 0.0748. The second-order valence-corrected chi connectivity index (χ2v) is 4.43. The summed E-state index contributed by atoms with van der Waals surface area (Å²) < 4.78 is 25.1. The minimum absolute atomic E-state index is 0.0748. The fraction of sp³-hybridized carbons (Fsp3) is 0.267. The number of hydrogen-bond donors (Lipinski definition) is 0. The van der Waals surface area contributed by atoms with Crippen LogP contribution in [-0.4, -0.2) is 18.5 Å². The van der Waals surface area contributed by atoms with Crippen molar-refractivity contribution in [1.29, 1.82) is 0 Å². The first-order chi connectivity index (χ1) is 9.61. The molecule has 0 atom stereocenters. The minimum Gasteiger partial charge on any atom is -0.467 e. The van der Waals surface area contributed by atoms with Crippen molar-refractivity contribution in [3.8, 4) is 5.75 Å². The van der Waals surface area contributed by atoms with Crippen molar-refractivity contribution in [2.45, 2.75) is 6.42 Å². The van der Waals surface area contributed by atoms with Crippen LogP contribution in [0.15, 0.2) is 41.3 Å². The molecular formula is C15H16FNO3. The van der Waals surface area contributed by atoms with Crippen molar-refractivity contribution < 1.29 is 13.9 Å². The van der Waals surface area contributed by atoms with Gasteiger partial charge in [-0.2, -0.15) is 0 Å². The number of pyridine rings is 1. The number of ether oxygens (including phenoxy) is 2. The minimum atomic E-state index is -0.363. The molecule has 0 radical (unpaired) electrons. The normalized spacial score (nSPS) is 10.6. The Morgan fingerprint density at radius 3 is 2.80 bits per heavy atom.